The fraction of sp³-hybridized carbons (Fsp3) is 0.419. The van der Waals surface area contributed by atoms with Crippen molar-refractivity contribution in [1.82, 2.24) is 0 Å². The average Bonchev–Trinajstić information content (AvgIpc) is 2.77. The first kappa shape index (κ1) is 86.9. The van der Waals surface area contributed by atoms with Crippen LogP contribution in [0.2, 0.25) is 0 Å². The predicted molar refractivity (Wildman–Crippen MR) is 424 cm³/mol. The van der Waals surface area contributed by atoms with E-state index in [1.807, 2.05) is 140 Å². The first-order valence-corrected chi connectivity index (χ1v) is 35.8. The SMILES string of the molecule is CC(C)C(O)c1ccccc1.CC(C)Cc1ccccc1.CC(C)c1ccccc1.Cc1ccc(C(C)C)cc1.Cc1ccc(C(C)C)cc1.Cc1ccc(C(O)C(C)C)cc1.Cc1ccc(C(O)C(C)C)cc1.Cc1ccc(CC(C)C)cc1.Cc1ccc(CC(C)C)cc1. The van der Waals surface area contributed by atoms with Gasteiger partial charge in [-0.3, -0.25) is 0 Å². The third-order valence-electron chi connectivity index (χ3n) is 15.8. The lowest BCUT2D eigenvalue weighted by atomic mass is 9.98. The molecular weight excluding hydrogens is 1170 g/mol. The molecule has 522 valence electrons. The molecule has 0 spiro atoms. The van der Waals surface area contributed by atoms with Crippen LogP contribution in [-0.4, -0.2) is 15.3 Å². The van der Waals surface area contributed by atoms with Gasteiger partial charge >= 0.3 is 0 Å². The zero-order valence-electron chi connectivity index (χ0n) is 64.4. The van der Waals surface area contributed by atoms with Gasteiger partial charge < -0.3 is 15.3 Å². The van der Waals surface area contributed by atoms with E-state index in [0.29, 0.717) is 17.8 Å². The lowest BCUT2D eigenvalue weighted by molar-refractivity contribution is 0.127. The van der Waals surface area contributed by atoms with Crippen LogP contribution < -0.4 is 0 Å². The van der Waals surface area contributed by atoms with E-state index < -0.39 is 0 Å². The Kier molecular flexibility index (Phi) is 44.7. The highest BCUT2D eigenvalue weighted by Gasteiger charge is 2.13. The summed E-state index contributed by atoms with van der Waals surface area (Å²) in [7, 11) is 0. The van der Waals surface area contributed by atoms with E-state index in [1.54, 1.807) is 0 Å². The maximum absolute atomic E-state index is 9.69. The molecule has 0 saturated carbocycles. The summed E-state index contributed by atoms with van der Waals surface area (Å²) in [5, 5.41) is 29.0. The molecule has 3 atom stereocenters. The summed E-state index contributed by atoms with van der Waals surface area (Å²) >= 11 is 0. The zero-order chi connectivity index (χ0) is 72.3. The van der Waals surface area contributed by atoms with Crippen molar-refractivity contribution in [3.8, 4) is 0 Å². The number of hydrogen-bond acceptors (Lipinski definition) is 3. The van der Waals surface area contributed by atoms with Crippen LogP contribution in [0.25, 0.3) is 0 Å². The van der Waals surface area contributed by atoms with Gasteiger partial charge in [0.1, 0.15) is 0 Å². The summed E-state index contributed by atoms with van der Waals surface area (Å²) in [4.78, 5) is 0. The van der Waals surface area contributed by atoms with Crippen LogP contribution in [0, 0.1) is 77.0 Å². The van der Waals surface area contributed by atoms with Gasteiger partial charge in [0.2, 0.25) is 0 Å². The number of aliphatic hydroxyl groups excluding tert-OH is 3. The molecule has 9 aromatic rings. The highest BCUT2D eigenvalue weighted by atomic mass is 16.3. The number of rotatable bonds is 15. The zero-order valence-corrected chi connectivity index (χ0v) is 64.4. The molecule has 0 aliphatic rings. The van der Waals surface area contributed by atoms with Gasteiger partial charge in [0, 0.05) is 0 Å². The largest absolute Gasteiger partial charge is 0.388 e. The average molecular weight is 1300 g/mol. The van der Waals surface area contributed by atoms with E-state index >= 15 is 0 Å². The fourth-order valence-corrected chi connectivity index (χ4v) is 9.55. The van der Waals surface area contributed by atoms with Crippen LogP contribution >= 0.6 is 0 Å². The van der Waals surface area contributed by atoms with Crippen molar-refractivity contribution in [3.63, 3.8) is 0 Å². The predicted octanol–water partition coefficient (Wildman–Crippen LogP) is 26.1. The minimum atomic E-state index is -0.328. The second-order valence-electron chi connectivity index (χ2n) is 29.2. The molecule has 0 heterocycles. The molecule has 0 amide bonds. The van der Waals surface area contributed by atoms with Gasteiger partial charge in [-0.15, -0.1) is 0 Å². The molecule has 0 bridgehead atoms. The Morgan fingerprint density at radius 2 is 0.365 bits per heavy atom. The third kappa shape index (κ3) is 41.1. The molecular formula is C93H132O3. The van der Waals surface area contributed by atoms with Crippen molar-refractivity contribution in [2.75, 3.05) is 0 Å². The highest BCUT2D eigenvalue weighted by molar-refractivity contribution is 5.28. The van der Waals surface area contributed by atoms with Gasteiger partial charge in [-0.25, -0.2) is 0 Å². The van der Waals surface area contributed by atoms with E-state index in [2.05, 4.69) is 262 Å². The Labute approximate surface area is 589 Å². The topological polar surface area (TPSA) is 60.7 Å². The normalized spacial score (nSPS) is 11.5. The summed E-state index contributed by atoms with van der Waals surface area (Å²) < 4.78 is 0. The van der Waals surface area contributed by atoms with Gasteiger partial charge in [-0.1, -0.05) is 395 Å². The summed E-state index contributed by atoms with van der Waals surface area (Å²) in [6.07, 6.45) is 2.61. The van der Waals surface area contributed by atoms with Gasteiger partial charge in [-0.2, -0.15) is 0 Å². The highest BCUT2D eigenvalue weighted by Crippen LogP contribution is 2.24. The summed E-state index contributed by atoms with van der Waals surface area (Å²) in [6, 6.07) is 81.9. The van der Waals surface area contributed by atoms with Crippen molar-refractivity contribution in [3.05, 3.63) is 320 Å². The van der Waals surface area contributed by atoms with Crippen LogP contribution in [-0.2, 0) is 19.3 Å². The summed E-state index contributed by atoms with van der Waals surface area (Å²) in [6.45, 7) is 51.4. The Morgan fingerprint density at radius 1 is 0.198 bits per heavy atom. The van der Waals surface area contributed by atoms with Crippen LogP contribution in [0.1, 0.15) is 244 Å². The Hall–Kier alpha value is -7.14. The molecule has 3 unspecified atom stereocenters. The minimum Gasteiger partial charge on any atom is -0.388 e. The maximum atomic E-state index is 9.69. The van der Waals surface area contributed by atoms with Gasteiger partial charge in [0.25, 0.3) is 0 Å². The van der Waals surface area contributed by atoms with Gasteiger partial charge in [0.15, 0.2) is 0 Å². The van der Waals surface area contributed by atoms with Crippen LogP contribution in [0.3, 0.4) is 0 Å². The Balaban J connectivity index is 0.000000541. The molecule has 9 aromatic carbocycles. The van der Waals surface area contributed by atoms with E-state index in [0.717, 1.165) is 34.4 Å². The molecule has 0 aliphatic carbocycles. The molecule has 3 heteroatoms. The van der Waals surface area contributed by atoms with E-state index in [4.69, 9.17) is 0 Å². The molecule has 0 radical (unpaired) electrons. The lowest BCUT2D eigenvalue weighted by Gasteiger charge is -2.14. The molecule has 3 N–H and O–H groups in total. The number of aryl methyl sites for hydroxylation is 6. The Morgan fingerprint density at radius 3 is 0.562 bits per heavy atom. The van der Waals surface area contributed by atoms with E-state index in [9.17, 15) is 15.3 Å². The summed E-state index contributed by atoms with van der Waals surface area (Å²) in [5.41, 5.74) is 19.4. The van der Waals surface area contributed by atoms with E-state index in [-0.39, 0.29) is 36.1 Å². The molecule has 96 heavy (non-hydrogen) atoms. The third-order valence-corrected chi connectivity index (χ3v) is 15.8. The number of benzene rings is 9. The van der Waals surface area contributed by atoms with Gasteiger partial charge in [0.05, 0.1) is 18.3 Å². The monoisotopic (exact) mass is 1300 g/mol. The van der Waals surface area contributed by atoms with Crippen LogP contribution in [0.15, 0.2) is 237 Å². The molecule has 9 rings (SSSR count). The van der Waals surface area contributed by atoms with Crippen molar-refractivity contribution >= 4 is 0 Å². The number of hydrogen-bond donors (Lipinski definition) is 3. The molecule has 3 nitrogen and oxygen atoms in total. The molecule has 0 saturated heterocycles. The first-order valence-electron chi connectivity index (χ1n) is 35.8. The quantitative estimate of drug-likeness (QED) is 0.0959. The number of aliphatic hydroxyl groups is 3. The fourth-order valence-electron chi connectivity index (χ4n) is 9.55. The van der Waals surface area contributed by atoms with Crippen molar-refractivity contribution < 1.29 is 15.3 Å². The maximum Gasteiger partial charge on any atom is 0.0812 e. The summed E-state index contributed by atoms with van der Waals surface area (Å²) in [5.74, 6) is 5.11. The van der Waals surface area contributed by atoms with Crippen molar-refractivity contribution in [2.45, 2.75) is 221 Å². The smallest absolute Gasteiger partial charge is 0.0812 e. The molecule has 0 aromatic heterocycles. The molecule has 0 fully saturated rings. The lowest BCUT2D eigenvalue weighted by Crippen LogP contribution is -2.04. The first-order chi connectivity index (χ1) is 45.3. The molecule has 0 aliphatic heterocycles. The van der Waals surface area contributed by atoms with Crippen molar-refractivity contribution in [1.29, 1.82) is 0 Å². The minimum absolute atomic E-state index is 0.285. The van der Waals surface area contributed by atoms with Crippen LogP contribution in [0.5, 0.6) is 0 Å². The van der Waals surface area contributed by atoms with Crippen LogP contribution in [0.4, 0.5) is 0 Å². The second-order valence-corrected chi connectivity index (χ2v) is 29.2. The van der Waals surface area contributed by atoms with Gasteiger partial charge in [-0.05, 0) is 164 Å². The van der Waals surface area contributed by atoms with Crippen molar-refractivity contribution in [2.24, 2.45) is 35.5 Å². The Bertz CT molecular complexity index is 3090. The second kappa shape index (κ2) is 49.4. The standard InChI is InChI=1S/2C11H16O.2C11H16.C10H14O.3C10H14.C9H12/c2*1-8(2)11(12)10-6-4-9(3)5-7-10;2*1-9(2)8-11-6-4-10(3)5-7-11;1-8(2)10(11)9-6-4-3-5-7-9;2*1-8(2)10-6-4-9(3)5-7-10;1-9(2)8-10-6-4-3-5-7-10;1-8(2)9-6-4-3-5-7-9/h2*4-8,11-12H,1-3H3;2*4-7,9H,8H2,1-3H3;3-8,10-11H,1-2H3;2*4-8H,1-3H3;3-7,9H,8H2,1-2H3;3-8H,1-2H3. The van der Waals surface area contributed by atoms with E-state index in [1.165, 1.54) is 86.0 Å².